The van der Waals surface area contributed by atoms with Crippen molar-refractivity contribution in [2.24, 2.45) is 16.7 Å². The highest BCUT2D eigenvalue weighted by Gasteiger charge is 2.22. The molecule has 2 unspecified atom stereocenters. The minimum absolute atomic E-state index is 0.476. The molecule has 0 amide bonds. The maximum absolute atomic E-state index is 2.92. The number of rotatable bonds is 5. The van der Waals surface area contributed by atoms with Crippen molar-refractivity contribution in [3.8, 4) is 0 Å². The maximum Gasteiger partial charge on any atom is -0.0331 e. The molecule has 0 aliphatic rings. The molecule has 0 rings (SSSR count). The Balaban J connectivity index is 3.75. The van der Waals surface area contributed by atoms with Crippen LogP contribution in [0.15, 0.2) is 0 Å². The second-order valence-corrected chi connectivity index (χ2v) is 7.58. The number of hydrogen-bond donors (Lipinski definition) is 0. The van der Waals surface area contributed by atoms with Crippen molar-refractivity contribution in [2.45, 2.75) is 67.2 Å². The van der Waals surface area contributed by atoms with Crippen molar-refractivity contribution in [1.82, 2.24) is 0 Å². The molecule has 0 N–H and O–H groups in total. The minimum atomic E-state index is 0.476. The molecule has 0 aliphatic heterocycles. The van der Waals surface area contributed by atoms with Gasteiger partial charge in [-0.05, 0) is 35.8 Å². The van der Waals surface area contributed by atoms with Crippen LogP contribution in [0.5, 0.6) is 0 Å². The van der Waals surface area contributed by atoms with E-state index in [4.69, 9.17) is 0 Å². The molecule has 0 aromatic rings. The van der Waals surface area contributed by atoms with Gasteiger partial charge in [0.1, 0.15) is 0 Å². The normalized spacial score (nSPS) is 15.4. The van der Waals surface area contributed by atoms with E-state index >= 15 is 0 Å². The van der Waals surface area contributed by atoms with Crippen LogP contribution in [0.1, 0.15) is 67.2 Å². The molecule has 0 radical (unpaired) electrons. The highest BCUT2D eigenvalue weighted by Crippen LogP contribution is 2.32. The van der Waals surface area contributed by atoms with Gasteiger partial charge in [-0.25, -0.2) is 0 Å². The molecule has 0 aromatic carbocycles. The predicted molar refractivity (Wildman–Crippen MR) is 75.4 cm³/mol. The molecule has 0 fully saturated rings. The van der Waals surface area contributed by atoms with Gasteiger partial charge in [0.15, 0.2) is 0 Å². The molecule has 0 aromatic heterocycles. The largest absolute Gasteiger partial charge is 0.137 e. The van der Waals surface area contributed by atoms with Crippen LogP contribution in [0.3, 0.4) is 0 Å². The molecule has 0 saturated carbocycles. The van der Waals surface area contributed by atoms with Crippen molar-refractivity contribution in [2.75, 3.05) is 6.16 Å². The van der Waals surface area contributed by atoms with Gasteiger partial charge < -0.3 is 0 Å². The van der Waals surface area contributed by atoms with E-state index in [1.807, 2.05) is 0 Å². The first-order valence-electron chi connectivity index (χ1n) is 6.37. The van der Waals surface area contributed by atoms with Crippen LogP contribution in [0.2, 0.25) is 0 Å². The van der Waals surface area contributed by atoms with Gasteiger partial charge in [-0.15, -0.1) is 9.24 Å². The van der Waals surface area contributed by atoms with Crippen molar-refractivity contribution in [3.63, 3.8) is 0 Å². The van der Waals surface area contributed by atoms with Gasteiger partial charge in [-0.1, -0.05) is 54.4 Å². The summed E-state index contributed by atoms with van der Waals surface area (Å²) < 4.78 is 0. The molecule has 0 saturated heterocycles. The lowest BCUT2D eigenvalue weighted by Crippen LogP contribution is -2.21. The zero-order chi connectivity index (χ0) is 12.1. The standard InChI is InChI=1S/C14H31P/c1-13(2,3)10-8-7-9-12(11-15)14(4,5)6/h12H,7-11,15H2,1-6H3. The second-order valence-electron chi connectivity index (χ2n) is 7.11. The van der Waals surface area contributed by atoms with Crippen molar-refractivity contribution in [3.05, 3.63) is 0 Å². The summed E-state index contributed by atoms with van der Waals surface area (Å²) >= 11 is 0. The summed E-state index contributed by atoms with van der Waals surface area (Å²) in [5, 5.41) is 0. The van der Waals surface area contributed by atoms with Crippen LogP contribution in [0.4, 0.5) is 0 Å². The number of hydrogen-bond acceptors (Lipinski definition) is 0. The first-order valence-corrected chi connectivity index (χ1v) is 7.18. The van der Waals surface area contributed by atoms with Crippen LogP contribution in [0.25, 0.3) is 0 Å². The Morgan fingerprint density at radius 3 is 1.80 bits per heavy atom. The van der Waals surface area contributed by atoms with Crippen LogP contribution < -0.4 is 0 Å². The SMILES string of the molecule is CC(C)(C)CCCCC(CP)C(C)(C)C. The Kier molecular flexibility index (Phi) is 6.41. The fourth-order valence-electron chi connectivity index (χ4n) is 1.95. The summed E-state index contributed by atoms with van der Waals surface area (Å²) in [5.41, 5.74) is 0.988. The fourth-order valence-corrected chi connectivity index (χ4v) is 2.89. The third-order valence-corrected chi connectivity index (χ3v) is 3.81. The maximum atomic E-state index is 2.92. The highest BCUT2D eigenvalue weighted by atomic mass is 31.0. The van der Waals surface area contributed by atoms with Crippen LogP contribution in [-0.2, 0) is 0 Å². The average molecular weight is 230 g/mol. The zero-order valence-corrected chi connectivity index (χ0v) is 12.8. The van der Waals surface area contributed by atoms with E-state index in [1.165, 1.54) is 31.8 Å². The van der Waals surface area contributed by atoms with Crippen molar-refractivity contribution < 1.29 is 0 Å². The lowest BCUT2D eigenvalue weighted by Gasteiger charge is -2.30. The molecule has 2 atom stereocenters. The van der Waals surface area contributed by atoms with Gasteiger partial charge in [-0.2, -0.15) is 0 Å². The monoisotopic (exact) mass is 230 g/mol. The molecule has 92 valence electrons. The van der Waals surface area contributed by atoms with Gasteiger partial charge in [0.2, 0.25) is 0 Å². The first kappa shape index (κ1) is 15.4. The van der Waals surface area contributed by atoms with E-state index in [2.05, 4.69) is 50.8 Å². The van der Waals surface area contributed by atoms with Gasteiger partial charge >= 0.3 is 0 Å². The van der Waals surface area contributed by atoms with E-state index in [9.17, 15) is 0 Å². The van der Waals surface area contributed by atoms with Gasteiger partial charge in [0.05, 0.1) is 0 Å². The summed E-state index contributed by atoms with van der Waals surface area (Å²) in [5.74, 6) is 0.863. The van der Waals surface area contributed by atoms with E-state index in [-0.39, 0.29) is 0 Å². The zero-order valence-electron chi connectivity index (χ0n) is 11.7. The summed E-state index contributed by atoms with van der Waals surface area (Å²) in [4.78, 5) is 0. The summed E-state index contributed by atoms with van der Waals surface area (Å²) in [6, 6.07) is 0. The van der Waals surface area contributed by atoms with Crippen LogP contribution >= 0.6 is 9.24 Å². The van der Waals surface area contributed by atoms with E-state index in [0.717, 1.165) is 5.92 Å². The third-order valence-electron chi connectivity index (χ3n) is 3.24. The average Bonchev–Trinajstić information content (AvgIpc) is 1.99. The Hall–Kier alpha value is 0.430. The molecule has 0 bridgehead atoms. The fraction of sp³-hybridized carbons (Fsp3) is 1.00. The van der Waals surface area contributed by atoms with Crippen LogP contribution in [0, 0.1) is 16.7 Å². The van der Waals surface area contributed by atoms with Crippen molar-refractivity contribution in [1.29, 1.82) is 0 Å². The minimum Gasteiger partial charge on any atom is -0.137 e. The van der Waals surface area contributed by atoms with Gasteiger partial charge in [-0.3, -0.25) is 0 Å². The molecule has 0 aliphatic carbocycles. The lowest BCUT2D eigenvalue weighted by molar-refractivity contribution is 0.240. The second kappa shape index (κ2) is 6.24. The lowest BCUT2D eigenvalue weighted by atomic mass is 9.78. The summed E-state index contributed by atoms with van der Waals surface area (Å²) in [7, 11) is 2.92. The van der Waals surface area contributed by atoms with E-state index < -0.39 is 0 Å². The Morgan fingerprint density at radius 1 is 0.933 bits per heavy atom. The Bertz CT molecular complexity index is 159. The Labute approximate surface area is 99.8 Å². The topological polar surface area (TPSA) is 0 Å². The smallest absolute Gasteiger partial charge is 0.0331 e. The van der Waals surface area contributed by atoms with Crippen LogP contribution in [-0.4, -0.2) is 6.16 Å². The summed E-state index contributed by atoms with van der Waals surface area (Å²) in [6.07, 6.45) is 6.79. The van der Waals surface area contributed by atoms with E-state index in [0.29, 0.717) is 10.8 Å². The molecular formula is C14H31P. The molecule has 0 heterocycles. The molecule has 0 nitrogen and oxygen atoms in total. The first-order chi connectivity index (χ1) is 6.67. The van der Waals surface area contributed by atoms with Gasteiger partial charge in [0.25, 0.3) is 0 Å². The van der Waals surface area contributed by atoms with Crippen molar-refractivity contribution >= 4 is 9.24 Å². The molecule has 0 spiro atoms. The Morgan fingerprint density at radius 2 is 1.47 bits per heavy atom. The molecule has 15 heavy (non-hydrogen) atoms. The third kappa shape index (κ3) is 8.26. The molecular weight excluding hydrogens is 199 g/mol. The predicted octanol–water partition coefficient (Wildman–Crippen LogP) is 5.13. The van der Waals surface area contributed by atoms with E-state index in [1.54, 1.807) is 0 Å². The number of unbranched alkanes of at least 4 members (excludes halogenated alkanes) is 1. The molecule has 1 heteroatoms. The highest BCUT2D eigenvalue weighted by molar-refractivity contribution is 7.16. The quantitative estimate of drug-likeness (QED) is 0.453. The summed E-state index contributed by atoms with van der Waals surface area (Å²) in [6.45, 7) is 14.1. The van der Waals surface area contributed by atoms with Gasteiger partial charge in [0, 0.05) is 0 Å².